The Hall–Kier alpha value is -2.92. The van der Waals surface area contributed by atoms with Crippen LogP contribution in [-0.2, 0) is 11.2 Å². The van der Waals surface area contributed by atoms with E-state index < -0.39 is 17.9 Å². The van der Waals surface area contributed by atoms with Gasteiger partial charge in [0.2, 0.25) is 5.91 Å². The molecule has 3 aromatic rings. The number of nitrogens with two attached hydrogens (primary N) is 1. The number of halogens is 1. The van der Waals surface area contributed by atoms with E-state index in [1.165, 1.54) is 0 Å². The summed E-state index contributed by atoms with van der Waals surface area (Å²) in [6.07, 6.45) is 1.84. The molecule has 0 aliphatic rings. The minimum atomic E-state index is -0.869. The van der Waals surface area contributed by atoms with Gasteiger partial charge < -0.3 is 11.1 Å². The van der Waals surface area contributed by atoms with E-state index in [4.69, 9.17) is 17.3 Å². The molecule has 25 heavy (non-hydrogen) atoms. The summed E-state index contributed by atoms with van der Waals surface area (Å²) in [5.41, 5.74) is 7.17. The zero-order chi connectivity index (χ0) is 17.8. The van der Waals surface area contributed by atoms with Crippen molar-refractivity contribution in [2.24, 2.45) is 5.73 Å². The molecule has 0 spiro atoms. The molecule has 1 atom stereocenters. The van der Waals surface area contributed by atoms with Gasteiger partial charge in [-0.3, -0.25) is 14.6 Å². The molecule has 0 aliphatic heterocycles. The van der Waals surface area contributed by atoms with Gasteiger partial charge in [0.05, 0.1) is 11.1 Å². The van der Waals surface area contributed by atoms with E-state index >= 15 is 0 Å². The van der Waals surface area contributed by atoms with Crippen molar-refractivity contribution >= 4 is 34.3 Å². The number of carbonyl (C=O) groups is 2. The maximum Gasteiger partial charge on any atom is 0.254 e. The molecule has 1 aromatic heterocycles. The third-order valence-corrected chi connectivity index (χ3v) is 4.28. The standard InChI is InChI=1S/C19H16ClN3O2/c20-15-9-2-1-5-13(15)11-16(18(21)24)23-19(25)14-8-3-6-12-7-4-10-22-17(12)14/h1-10,16H,11H2,(H2,21,24)(H,23,25)/t16-/m0/s1. The molecule has 126 valence electrons. The van der Waals surface area contributed by atoms with Crippen LogP contribution in [0, 0.1) is 0 Å². The maximum atomic E-state index is 12.7. The van der Waals surface area contributed by atoms with Crippen LogP contribution >= 0.6 is 11.6 Å². The van der Waals surface area contributed by atoms with Gasteiger partial charge in [-0.1, -0.05) is 48.0 Å². The molecular formula is C19H16ClN3O2. The van der Waals surface area contributed by atoms with Crippen LogP contribution < -0.4 is 11.1 Å². The third-order valence-electron chi connectivity index (χ3n) is 3.91. The minimum absolute atomic E-state index is 0.221. The third kappa shape index (κ3) is 3.78. The van der Waals surface area contributed by atoms with Crippen LogP contribution in [-0.4, -0.2) is 22.8 Å². The molecular weight excluding hydrogens is 338 g/mol. The number of pyridine rings is 1. The van der Waals surface area contributed by atoms with Crippen molar-refractivity contribution in [3.63, 3.8) is 0 Å². The Balaban J connectivity index is 1.86. The first-order valence-corrected chi connectivity index (χ1v) is 8.11. The highest BCUT2D eigenvalue weighted by Crippen LogP contribution is 2.18. The number of rotatable bonds is 5. The largest absolute Gasteiger partial charge is 0.368 e. The summed E-state index contributed by atoms with van der Waals surface area (Å²) in [4.78, 5) is 28.7. The van der Waals surface area contributed by atoms with Gasteiger partial charge in [-0.05, 0) is 23.8 Å². The van der Waals surface area contributed by atoms with Crippen LogP contribution in [0.25, 0.3) is 10.9 Å². The normalized spacial score (nSPS) is 11.9. The quantitative estimate of drug-likeness (QED) is 0.739. The monoisotopic (exact) mass is 353 g/mol. The van der Waals surface area contributed by atoms with Crippen LogP contribution in [0.3, 0.4) is 0 Å². The van der Waals surface area contributed by atoms with E-state index in [2.05, 4.69) is 10.3 Å². The second kappa shape index (κ2) is 7.32. The topological polar surface area (TPSA) is 85.1 Å². The van der Waals surface area contributed by atoms with Crippen molar-refractivity contribution < 1.29 is 9.59 Å². The SMILES string of the molecule is NC(=O)[C@H](Cc1ccccc1Cl)NC(=O)c1cccc2cccnc12. The fourth-order valence-electron chi connectivity index (χ4n) is 2.63. The molecule has 0 fully saturated rings. The molecule has 2 amide bonds. The summed E-state index contributed by atoms with van der Waals surface area (Å²) < 4.78 is 0. The highest BCUT2D eigenvalue weighted by atomic mass is 35.5. The fraction of sp³-hybridized carbons (Fsp3) is 0.105. The van der Waals surface area contributed by atoms with E-state index in [1.54, 1.807) is 42.6 Å². The predicted molar refractivity (Wildman–Crippen MR) is 97.3 cm³/mol. The highest BCUT2D eigenvalue weighted by Gasteiger charge is 2.21. The number of hydrogen-bond acceptors (Lipinski definition) is 3. The van der Waals surface area contributed by atoms with E-state index in [0.717, 1.165) is 10.9 Å². The first-order valence-electron chi connectivity index (χ1n) is 7.73. The van der Waals surface area contributed by atoms with Gasteiger partial charge in [0.15, 0.2) is 0 Å². The molecule has 0 unspecified atom stereocenters. The summed E-state index contributed by atoms with van der Waals surface area (Å²) in [5.74, 6) is -1.03. The summed E-state index contributed by atoms with van der Waals surface area (Å²) in [6.45, 7) is 0. The zero-order valence-corrected chi connectivity index (χ0v) is 14.0. The lowest BCUT2D eigenvalue weighted by atomic mass is 10.0. The minimum Gasteiger partial charge on any atom is -0.368 e. The number of nitrogens with one attached hydrogen (secondary N) is 1. The van der Waals surface area contributed by atoms with Crippen LogP contribution in [0.4, 0.5) is 0 Å². The van der Waals surface area contributed by atoms with E-state index in [9.17, 15) is 9.59 Å². The Morgan fingerprint density at radius 2 is 1.84 bits per heavy atom. The van der Waals surface area contributed by atoms with E-state index in [0.29, 0.717) is 16.1 Å². The van der Waals surface area contributed by atoms with Crippen molar-refractivity contribution in [1.29, 1.82) is 0 Å². The summed E-state index contributed by atoms with van der Waals surface area (Å²) in [5, 5.41) is 4.06. The predicted octanol–water partition coefficient (Wildman–Crippen LogP) is 2.71. The second-order valence-electron chi connectivity index (χ2n) is 5.60. The highest BCUT2D eigenvalue weighted by molar-refractivity contribution is 6.31. The Kier molecular flexibility index (Phi) is 4.95. The Labute approximate surface area is 149 Å². The van der Waals surface area contributed by atoms with Gasteiger partial charge in [0.1, 0.15) is 6.04 Å². The number of para-hydroxylation sites is 1. The number of aromatic nitrogens is 1. The number of carbonyl (C=O) groups excluding carboxylic acids is 2. The second-order valence-corrected chi connectivity index (χ2v) is 6.01. The molecule has 0 aliphatic carbocycles. The molecule has 1 heterocycles. The lowest BCUT2D eigenvalue weighted by Gasteiger charge is -2.17. The molecule has 3 N–H and O–H groups in total. The number of fused-ring (bicyclic) bond motifs is 1. The molecule has 0 radical (unpaired) electrons. The maximum absolute atomic E-state index is 12.7. The average molecular weight is 354 g/mol. The van der Waals surface area contributed by atoms with Crippen LogP contribution in [0.1, 0.15) is 15.9 Å². The van der Waals surface area contributed by atoms with Gasteiger partial charge in [-0.25, -0.2) is 0 Å². The van der Waals surface area contributed by atoms with Crippen molar-refractivity contribution in [3.8, 4) is 0 Å². The smallest absolute Gasteiger partial charge is 0.254 e. The average Bonchev–Trinajstić information content (AvgIpc) is 2.62. The van der Waals surface area contributed by atoms with Crippen molar-refractivity contribution in [3.05, 3.63) is 76.9 Å². The summed E-state index contributed by atoms with van der Waals surface area (Å²) >= 11 is 6.13. The van der Waals surface area contributed by atoms with Gasteiger partial charge in [-0.2, -0.15) is 0 Å². The number of benzene rings is 2. The summed E-state index contributed by atoms with van der Waals surface area (Å²) in [6, 6.07) is 15.2. The van der Waals surface area contributed by atoms with Gasteiger partial charge in [0, 0.05) is 23.0 Å². The molecule has 0 bridgehead atoms. The van der Waals surface area contributed by atoms with Gasteiger partial charge in [0.25, 0.3) is 5.91 Å². The lowest BCUT2D eigenvalue weighted by molar-refractivity contribution is -0.119. The molecule has 0 saturated heterocycles. The molecule has 3 rings (SSSR count). The van der Waals surface area contributed by atoms with Gasteiger partial charge >= 0.3 is 0 Å². The first kappa shape index (κ1) is 16.9. The van der Waals surface area contributed by atoms with Crippen molar-refractivity contribution in [1.82, 2.24) is 10.3 Å². The summed E-state index contributed by atoms with van der Waals surface area (Å²) in [7, 11) is 0. The first-order chi connectivity index (χ1) is 12.1. The number of hydrogen-bond donors (Lipinski definition) is 2. The Bertz CT molecular complexity index is 937. The number of nitrogens with zero attached hydrogens (tertiary/aromatic N) is 1. The Morgan fingerprint density at radius 1 is 1.08 bits per heavy atom. The van der Waals surface area contributed by atoms with E-state index in [-0.39, 0.29) is 6.42 Å². The van der Waals surface area contributed by atoms with Crippen molar-refractivity contribution in [2.75, 3.05) is 0 Å². The molecule has 2 aromatic carbocycles. The van der Waals surface area contributed by atoms with Crippen LogP contribution in [0.2, 0.25) is 5.02 Å². The van der Waals surface area contributed by atoms with E-state index in [1.807, 2.05) is 18.2 Å². The van der Waals surface area contributed by atoms with Crippen molar-refractivity contribution in [2.45, 2.75) is 12.5 Å². The molecule has 0 saturated carbocycles. The van der Waals surface area contributed by atoms with Crippen LogP contribution in [0.15, 0.2) is 60.8 Å². The lowest BCUT2D eigenvalue weighted by Crippen LogP contribution is -2.46. The zero-order valence-electron chi connectivity index (χ0n) is 13.3. The molecule has 6 heteroatoms. The van der Waals surface area contributed by atoms with Gasteiger partial charge in [-0.15, -0.1) is 0 Å². The fourth-order valence-corrected chi connectivity index (χ4v) is 2.84. The number of primary amides is 1. The van der Waals surface area contributed by atoms with Crippen LogP contribution in [0.5, 0.6) is 0 Å². The Morgan fingerprint density at radius 3 is 2.60 bits per heavy atom. The molecule has 5 nitrogen and oxygen atoms in total. The number of amides is 2.